The number of methoxy groups -OCH3 is 1. The summed E-state index contributed by atoms with van der Waals surface area (Å²) in [7, 11) is 1.40. The van der Waals surface area contributed by atoms with E-state index in [0.29, 0.717) is 6.42 Å². The third kappa shape index (κ3) is 5.39. The molecule has 0 aliphatic heterocycles. The van der Waals surface area contributed by atoms with Crippen LogP contribution in [0, 0.1) is 5.92 Å². The van der Waals surface area contributed by atoms with Crippen molar-refractivity contribution < 1.29 is 9.53 Å². The van der Waals surface area contributed by atoms with Crippen LogP contribution in [0.15, 0.2) is 0 Å². The summed E-state index contributed by atoms with van der Waals surface area (Å²) in [5.41, 5.74) is 0. The van der Waals surface area contributed by atoms with Crippen LogP contribution in [0.1, 0.15) is 13.3 Å². The number of hydrogen-bond acceptors (Lipinski definition) is 4. The molecule has 0 aromatic rings. The average molecular weight is 226 g/mol. The van der Waals surface area contributed by atoms with Crippen molar-refractivity contribution in [1.29, 1.82) is 0 Å². The molecule has 0 saturated carbocycles. The molecule has 5 heteroatoms. The summed E-state index contributed by atoms with van der Waals surface area (Å²) < 4.78 is 4.62. The number of ether oxygens (including phenoxy) is 1. The number of nitrogens with one attached hydrogen (secondary N) is 1. The molecule has 0 rings (SSSR count). The summed E-state index contributed by atoms with van der Waals surface area (Å²) in [5, 5.41) is 0. The van der Waals surface area contributed by atoms with E-state index in [1.54, 1.807) is 11.8 Å². The first kappa shape index (κ1) is 13.1. The fraction of sp³-hybridized carbons (Fsp3) is 0.875. The Bertz CT molecular complexity index is 157. The standard InChI is InChI=1S/C8H16ClNO2S/c1-6(8(11)12-2)4-7(10-9)5-13-3/h6-7,10H,4-5H2,1-3H3. The first-order valence-electron chi connectivity index (χ1n) is 4.08. The van der Waals surface area contributed by atoms with E-state index in [1.165, 1.54) is 7.11 Å². The highest BCUT2D eigenvalue weighted by atomic mass is 35.5. The van der Waals surface area contributed by atoms with Gasteiger partial charge in [-0.15, -0.1) is 0 Å². The molecule has 0 radical (unpaired) electrons. The lowest BCUT2D eigenvalue weighted by Gasteiger charge is -2.16. The summed E-state index contributed by atoms with van der Waals surface area (Å²) in [4.78, 5) is 13.7. The average Bonchev–Trinajstić information content (AvgIpc) is 2.15. The van der Waals surface area contributed by atoms with Crippen LogP contribution < -0.4 is 4.84 Å². The van der Waals surface area contributed by atoms with Gasteiger partial charge >= 0.3 is 5.97 Å². The van der Waals surface area contributed by atoms with Crippen molar-refractivity contribution in [2.75, 3.05) is 19.1 Å². The maximum Gasteiger partial charge on any atom is 0.308 e. The second-order valence-electron chi connectivity index (χ2n) is 2.92. The number of hydrogen-bond donors (Lipinski definition) is 1. The molecule has 0 aromatic heterocycles. The molecule has 0 fully saturated rings. The minimum absolute atomic E-state index is 0.103. The molecular formula is C8H16ClNO2S. The number of esters is 1. The molecule has 0 saturated heterocycles. The maximum atomic E-state index is 11.1. The molecule has 2 unspecified atom stereocenters. The van der Waals surface area contributed by atoms with E-state index >= 15 is 0 Å². The lowest BCUT2D eigenvalue weighted by atomic mass is 10.0. The predicted octanol–water partition coefficient (Wildman–Crippen LogP) is 1.66. The van der Waals surface area contributed by atoms with Crippen molar-refractivity contribution in [3.05, 3.63) is 0 Å². The first-order chi connectivity index (χ1) is 6.15. The normalized spacial score (nSPS) is 15.1. The molecule has 0 heterocycles. The van der Waals surface area contributed by atoms with Crippen molar-refractivity contribution in [1.82, 2.24) is 4.84 Å². The van der Waals surface area contributed by atoms with Gasteiger partial charge in [-0.1, -0.05) is 6.92 Å². The SMILES string of the molecule is COC(=O)C(C)CC(CSC)NCl. The summed E-state index contributed by atoms with van der Waals surface area (Å²) in [5.74, 6) is 0.608. The minimum atomic E-state index is -0.182. The van der Waals surface area contributed by atoms with Gasteiger partial charge in [0.2, 0.25) is 0 Å². The lowest BCUT2D eigenvalue weighted by molar-refractivity contribution is -0.145. The highest BCUT2D eigenvalue weighted by Gasteiger charge is 2.18. The Morgan fingerprint density at radius 1 is 1.69 bits per heavy atom. The second kappa shape index (κ2) is 7.47. The molecule has 0 aliphatic rings. The smallest absolute Gasteiger partial charge is 0.308 e. The largest absolute Gasteiger partial charge is 0.469 e. The van der Waals surface area contributed by atoms with E-state index in [1.807, 2.05) is 13.2 Å². The van der Waals surface area contributed by atoms with E-state index in [9.17, 15) is 4.79 Å². The molecule has 78 valence electrons. The molecular weight excluding hydrogens is 210 g/mol. The van der Waals surface area contributed by atoms with Gasteiger partial charge in [-0.25, -0.2) is 4.84 Å². The van der Waals surface area contributed by atoms with Crippen LogP contribution in [0.3, 0.4) is 0 Å². The Labute approximate surface area is 88.7 Å². The Balaban J connectivity index is 3.85. The molecule has 0 aliphatic carbocycles. The van der Waals surface area contributed by atoms with E-state index in [0.717, 1.165) is 5.75 Å². The van der Waals surface area contributed by atoms with Crippen LogP contribution in [-0.2, 0) is 9.53 Å². The van der Waals surface area contributed by atoms with Crippen molar-refractivity contribution in [2.24, 2.45) is 5.92 Å². The van der Waals surface area contributed by atoms with Gasteiger partial charge in [-0.05, 0) is 24.5 Å². The number of rotatable bonds is 6. The van der Waals surface area contributed by atoms with Crippen molar-refractivity contribution >= 4 is 29.5 Å². The number of carbonyl (C=O) groups is 1. The van der Waals surface area contributed by atoms with Crippen molar-refractivity contribution in [3.8, 4) is 0 Å². The van der Waals surface area contributed by atoms with Crippen molar-refractivity contribution in [2.45, 2.75) is 19.4 Å². The number of carbonyl (C=O) groups excluding carboxylic acids is 1. The zero-order valence-corrected chi connectivity index (χ0v) is 9.74. The monoisotopic (exact) mass is 225 g/mol. The van der Waals surface area contributed by atoms with Gasteiger partial charge in [0.25, 0.3) is 0 Å². The molecule has 0 bridgehead atoms. The van der Waals surface area contributed by atoms with Crippen molar-refractivity contribution in [3.63, 3.8) is 0 Å². The van der Waals surface area contributed by atoms with Crippen LogP contribution in [0.2, 0.25) is 0 Å². The summed E-state index contributed by atoms with van der Waals surface area (Å²) >= 11 is 7.22. The fourth-order valence-corrected chi connectivity index (χ4v) is 1.95. The highest BCUT2D eigenvalue weighted by molar-refractivity contribution is 7.98. The van der Waals surface area contributed by atoms with E-state index in [2.05, 4.69) is 9.57 Å². The maximum absolute atomic E-state index is 11.1. The van der Waals surface area contributed by atoms with Gasteiger partial charge in [0, 0.05) is 11.8 Å². The minimum Gasteiger partial charge on any atom is -0.469 e. The number of thioether (sulfide) groups is 1. The molecule has 0 amide bonds. The highest BCUT2D eigenvalue weighted by Crippen LogP contribution is 2.11. The summed E-state index contributed by atoms with van der Waals surface area (Å²) in [6, 6.07) is 0.158. The van der Waals surface area contributed by atoms with Crippen LogP contribution in [0.25, 0.3) is 0 Å². The molecule has 13 heavy (non-hydrogen) atoms. The zero-order chi connectivity index (χ0) is 10.3. The van der Waals surface area contributed by atoms with Gasteiger partial charge in [-0.3, -0.25) is 4.79 Å². The van der Waals surface area contributed by atoms with Crippen LogP contribution in [0.4, 0.5) is 0 Å². The van der Waals surface area contributed by atoms with Crippen LogP contribution in [-0.4, -0.2) is 31.1 Å². The molecule has 1 N–H and O–H groups in total. The second-order valence-corrected chi connectivity index (χ2v) is 4.05. The predicted molar refractivity (Wildman–Crippen MR) is 57.0 cm³/mol. The Morgan fingerprint density at radius 3 is 2.69 bits per heavy atom. The van der Waals surface area contributed by atoms with Gasteiger partial charge in [0.05, 0.1) is 13.0 Å². The first-order valence-corrected chi connectivity index (χ1v) is 5.85. The number of halogens is 1. The van der Waals surface area contributed by atoms with E-state index in [-0.39, 0.29) is 17.9 Å². The Hall–Kier alpha value is 0.0700. The molecule has 2 atom stereocenters. The molecule has 3 nitrogen and oxygen atoms in total. The Morgan fingerprint density at radius 2 is 2.31 bits per heavy atom. The summed E-state index contributed by atoms with van der Waals surface area (Å²) in [6.45, 7) is 1.84. The third-order valence-corrected chi connectivity index (χ3v) is 2.81. The summed E-state index contributed by atoms with van der Waals surface area (Å²) in [6.07, 6.45) is 2.71. The topological polar surface area (TPSA) is 38.3 Å². The van der Waals surface area contributed by atoms with E-state index < -0.39 is 0 Å². The zero-order valence-electron chi connectivity index (χ0n) is 8.17. The van der Waals surface area contributed by atoms with Gasteiger partial charge in [-0.2, -0.15) is 11.8 Å². The molecule has 0 aromatic carbocycles. The molecule has 0 spiro atoms. The fourth-order valence-electron chi connectivity index (χ4n) is 1.07. The quantitative estimate of drug-likeness (QED) is 0.551. The van der Waals surface area contributed by atoms with Crippen LogP contribution in [0.5, 0.6) is 0 Å². The van der Waals surface area contributed by atoms with E-state index in [4.69, 9.17) is 11.8 Å². The van der Waals surface area contributed by atoms with Gasteiger partial charge in [0.15, 0.2) is 0 Å². The van der Waals surface area contributed by atoms with Gasteiger partial charge in [0.1, 0.15) is 0 Å². The Kier molecular flexibility index (Phi) is 7.51. The van der Waals surface area contributed by atoms with Crippen LogP contribution >= 0.6 is 23.5 Å². The third-order valence-electron chi connectivity index (χ3n) is 1.76. The lowest BCUT2D eigenvalue weighted by Crippen LogP contribution is -2.29. The van der Waals surface area contributed by atoms with Gasteiger partial charge < -0.3 is 4.74 Å².